The van der Waals surface area contributed by atoms with Crippen molar-refractivity contribution in [3.05, 3.63) is 57.7 Å². The fourth-order valence-corrected chi connectivity index (χ4v) is 2.89. The molecule has 1 aromatic carbocycles. The number of nitrogens with two attached hydrogens (primary N) is 1. The molecule has 31 heavy (non-hydrogen) atoms. The molecule has 1 aliphatic rings. The summed E-state index contributed by atoms with van der Waals surface area (Å²) in [6.45, 7) is 6.00. The second kappa shape index (κ2) is 11.5. The Bertz CT molecular complexity index is 948. The van der Waals surface area contributed by atoms with E-state index in [4.69, 9.17) is 15.2 Å². The monoisotopic (exact) mass is 429 g/mol. The van der Waals surface area contributed by atoms with Gasteiger partial charge in [-0.05, 0) is 30.9 Å². The van der Waals surface area contributed by atoms with Crippen LogP contribution in [0.25, 0.3) is 0 Å². The molecule has 1 aromatic heterocycles. The first-order valence-corrected chi connectivity index (χ1v) is 10.1. The summed E-state index contributed by atoms with van der Waals surface area (Å²) < 4.78 is 10.6. The van der Waals surface area contributed by atoms with Crippen molar-refractivity contribution < 1.29 is 19.2 Å². The lowest BCUT2D eigenvalue weighted by atomic mass is 10.1. The van der Waals surface area contributed by atoms with Crippen LogP contribution in [0, 0.1) is 10.1 Å². The van der Waals surface area contributed by atoms with Gasteiger partial charge in [0, 0.05) is 0 Å². The first-order chi connectivity index (χ1) is 15.0. The van der Waals surface area contributed by atoms with Gasteiger partial charge in [0.25, 0.3) is 0 Å². The van der Waals surface area contributed by atoms with E-state index in [2.05, 4.69) is 9.97 Å². The lowest BCUT2D eigenvalue weighted by Crippen LogP contribution is -2.33. The third kappa shape index (κ3) is 6.14. The van der Waals surface area contributed by atoms with Crippen LogP contribution in [-0.4, -0.2) is 34.2 Å². The maximum atomic E-state index is 12.7. The molecule has 2 aromatic rings. The number of amides is 1. The second-order valence-corrected chi connectivity index (χ2v) is 6.24. The van der Waals surface area contributed by atoms with E-state index in [-0.39, 0.29) is 37.4 Å². The Morgan fingerprint density at radius 2 is 2.03 bits per heavy atom. The Hall–Kier alpha value is -3.69. The molecule has 0 unspecified atom stereocenters. The summed E-state index contributed by atoms with van der Waals surface area (Å²) in [5.41, 5.74) is 7.03. The highest BCUT2D eigenvalue weighted by Gasteiger charge is 2.32. The molecular weight excluding hydrogens is 402 g/mol. The molecule has 0 fully saturated rings. The highest BCUT2D eigenvalue weighted by molar-refractivity contribution is 5.90. The van der Waals surface area contributed by atoms with Crippen molar-refractivity contribution in [2.45, 2.75) is 40.2 Å². The van der Waals surface area contributed by atoms with Crippen LogP contribution in [-0.2, 0) is 17.7 Å². The molecule has 166 valence electrons. The Labute approximate surface area is 180 Å². The van der Waals surface area contributed by atoms with Crippen LogP contribution in [0.2, 0.25) is 0 Å². The van der Waals surface area contributed by atoms with Crippen LogP contribution in [0.15, 0.2) is 36.4 Å². The number of carbonyl (C=O) groups is 1. The van der Waals surface area contributed by atoms with Crippen molar-refractivity contribution in [3.63, 3.8) is 0 Å². The highest BCUT2D eigenvalue weighted by atomic mass is 16.6. The Balaban J connectivity index is 0.00000166. The quantitative estimate of drug-likeness (QED) is 0.429. The predicted octanol–water partition coefficient (Wildman–Crippen LogP) is 4.04. The topological polar surface area (TPSA) is 134 Å². The van der Waals surface area contributed by atoms with Crippen molar-refractivity contribution >= 4 is 23.4 Å². The Morgan fingerprint density at radius 1 is 1.29 bits per heavy atom. The van der Waals surface area contributed by atoms with Crippen molar-refractivity contribution in [1.29, 1.82) is 0 Å². The highest BCUT2D eigenvalue weighted by Crippen LogP contribution is 2.34. The fourth-order valence-electron chi connectivity index (χ4n) is 2.89. The number of hydrogen-bond acceptors (Lipinski definition) is 8. The van der Waals surface area contributed by atoms with Crippen LogP contribution in [0.3, 0.4) is 0 Å². The zero-order chi connectivity index (χ0) is 22.8. The van der Waals surface area contributed by atoms with Gasteiger partial charge < -0.3 is 15.2 Å². The summed E-state index contributed by atoms with van der Waals surface area (Å²) in [6.07, 6.45) is 4.52. The molecule has 2 heterocycles. The molecule has 0 spiro atoms. The number of nitrogens with zero attached hydrogens (tertiary/aromatic N) is 4. The largest absolute Gasteiger partial charge is 0.463 e. The number of allylic oxidation sites excluding steroid dienone is 1. The summed E-state index contributed by atoms with van der Waals surface area (Å²) in [7, 11) is 0. The van der Waals surface area contributed by atoms with Crippen LogP contribution in [0.1, 0.15) is 38.3 Å². The maximum Gasteiger partial charge on any atom is 0.415 e. The number of fused-ring (bicyclic) bond motifs is 4. The number of benzene rings is 1. The normalized spacial score (nSPS) is 14.2. The molecule has 0 saturated heterocycles. The Kier molecular flexibility index (Phi) is 8.74. The van der Waals surface area contributed by atoms with Crippen LogP contribution in [0.5, 0.6) is 6.01 Å². The van der Waals surface area contributed by atoms with Gasteiger partial charge in [-0.3, -0.25) is 15.0 Å². The minimum atomic E-state index is -0.781. The number of rotatable bonds is 2. The first-order valence-electron chi connectivity index (χ1n) is 10.1. The average Bonchev–Trinajstić information content (AvgIpc) is 2.75. The molecule has 0 saturated carbocycles. The van der Waals surface area contributed by atoms with Crippen molar-refractivity contribution in [2.75, 3.05) is 23.8 Å². The average molecular weight is 429 g/mol. The number of nitro groups is 1. The van der Waals surface area contributed by atoms with Crippen molar-refractivity contribution in [1.82, 2.24) is 9.97 Å². The third-order valence-electron chi connectivity index (χ3n) is 4.17. The molecular formula is C21H27N5O5. The number of nitrogen functional groups attached to an aromatic ring is 1. The number of anilines is 2. The van der Waals surface area contributed by atoms with Gasteiger partial charge in [0.05, 0.1) is 24.7 Å². The molecule has 3 rings (SSSR count). The first kappa shape index (κ1) is 23.6. The van der Waals surface area contributed by atoms with Crippen LogP contribution < -0.4 is 15.4 Å². The van der Waals surface area contributed by atoms with E-state index in [9.17, 15) is 14.9 Å². The lowest BCUT2D eigenvalue weighted by molar-refractivity contribution is -0.383. The van der Waals surface area contributed by atoms with Gasteiger partial charge in [0.15, 0.2) is 0 Å². The van der Waals surface area contributed by atoms with E-state index in [0.717, 1.165) is 16.0 Å². The van der Waals surface area contributed by atoms with E-state index in [1.54, 1.807) is 6.92 Å². The van der Waals surface area contributed by atoms with Gasteiger partial charge >= 0.3 is 17.8 Å². The predicted molar refractivity (Wildman–Crippen MR) is 117 cm³/mol. The van der Waals surface area contributed by atoms with Gasteiger partial charge in [-0.1, -0.05) is 50.3 Å². The molecule has 10 nitrogen and oxygen atoms in total. The minimum absolute atomic E-state index is 0.00706. The molecule has 1 aliphatic heterocycles. The molecule has 0 aliphatic carbocycles. The van der Waals surface area contributed by atoms with Crippen LogP contribution in [0.4, 0.5) is 22.1 Å². The van der Waals surface area contributed by atoms with Crippen LogP contribution >= 0.6 is 0 Å². The van der Waals surface area contributed by atoms with Gasteiger partial charge in [0.2, 0.25) is 11.6 Å². The summed E-state index contributed by atoms with van der Waals surface area (Å²) >= 11 is 0. The fraction of sp³-hybridized carbons (Fsp3) is 0.381. The Morgan fingerprint density at radius 3 is 2.74 bits per heavy atom. The zero-order valence-electron chi connectivity index (χ0n) is 17.9. The molecule has 10 heteroatoms. The molecule has 4 bridgehead atoms. The van der Waals surface area contributed by atoms with Gasteiger partial charge in [0.1, 0.15) is 0 Å². The summed E-state index contributed by atoms with van der Waals surface area (Å²) in [5, 5.41) is 11.6. The standard InChI is InChI=1S/C19H21N5O5.C2H6/c1-2-28-19(25)23-12-14-9-6-8-13(11-14)7-4-3-5-10-29-18-21-16(20)15(24(26)27)17(23)22-18;1-2/h3-4,6,8-9,11H,2,5,7,10,12H2,1H3,(H2,20,21,22);1-2H3/b4-3+;. The number of ether oxygens (including phenoxy) is 2. The SMILES string of the molecule is CC.CCOC(=O)N1Cc2cccc(c2)C/C=C/CCOc2nc(N)c([N+](=O)[O-])c1n2. The molecule has 1 amide bonds. The van der Waals surface area contributed by atoms with Gasteiger partial charge in [-0.25, -0.2) is 4.79 Å². The smallest absolute Gasteiger partial charge is 0.415 e. The maximum absolute atomic E-state index is 12.7. The third-order valence-corrected chi connectivity index (χ3v) is 4.17. The summed E-state index contributed by atoms with van der Waals surface area (Å²) in [4.78, 5) is 32.6. The zero-order valence-corrected chi connectivity index (χ0v) is 17.9. The molecule has 2 N–H and O–H groups in total. The van der Waals surface area contributed by atoms with E-state index in [1.807, 2.05) is 50.3 Å². The van der Waals surface area contributed by atoms with Crippen molar-refractivity contribution in [2.24, 2.45) is 0 Å². The molecule has 0 atom stereocenters. The summed E-state index contributed by atoms with van der Waals surface area (Å²) in [6, 6.07) is 7.44. The van der Waals surface area contributed by atoms with E-state index < -0.39 is 16.7 Å². The van der Waals surface area contributed by atoms with E-state index in [1.165, 1.54) is 0 Å². The summed E-state index contributed by atoms with van der Waals surface area (Å²) in [5.74, 6) is -0.658. The number of aromatic nitrogens is 2. The van der Waals surface area contributed by atoms with E-state index >= 15 is 0 Å². The van der Waals surface area contributed by atoms with Crippen molar-refractivity contribution in [3.8, 4) is 6.01 Å². The molecule has 0 radical (unpaired) electrons. The van der Waals surface area contributed by atoms with Gasteiger partial charge in [-0.2, -0.15) is 9.97 Å². The number of hydrogen-bond donors (Lipinski definition) is 1. The minimum Gasteiger partial charge on any atom is -0.463 e. The van der Waals surface area contributed by atoms with E-state index in [0.29, 0.717) is 12.8 Å². The second-order valence-electron chi connectivity index (χ2n) is 6.24. The number of carbonyl (C=O) groups excluding carboxylic acids is 1. The lowest BCUT2D eigenvalue weighted by Gasteiger charge is -2.22. The van der Waals surface area contributed by atoms with Gasteiger partial charge in [-0.15, -0.1) is 0 Å².